The van der Waals surface area contributed by atoms with Gasteiger partial charge >= 0.3 is 0 Å². The van der Waals surface area contributed by atoms with Crippen LogP contribution in [0.2, 0.25) is 10.0 Å². The number of nitrogens with one attached hydrogen (secondary N) is 1. The largest absolute Gasteiger partial charge is 0.352 e. The molecular weight excluding hydrogens is 569 g/mol. The Morgan fingerprint density at radius 1 is 0.875 bits per heavy atom. The van der Waals surface area contributed by atoms with Crippen molar-refractivity contribution in [1.29, 1.82) is 0 Å². The zero-order valence-corrected chi connectivity index (χ0v) is 25.4. The van der Waals surface area contributed by atoms with Crippen molar-refractivity contribution >= 4 is 50.7 Å². The summed E-state index contributed by atoms with van der Waals surface area (Å²) in [5.74, 6) is -0.885. The molecule has 0 heterocycles. The molecule has 7 nitrogen and oxygen atoms in total. The van der Waals surface area contributed by atoms with Gasteiger partial charge in [0.2, 0.25) is 11.8 Å². The molecule has 0 aromatic heterocycles. The summed E-state index contributed by atoms with van der Waals surface area (Å²) in [4.78, 5) is 28.5. The zero-order valence-electron chi connectivity index (χ0n) is 23.1. The fraction of sp³-hybridized carbons (Fsp3) is 0.333. The molecule has 0 bridgehead atoms. The minimum Gasteiger partial charge on any atom is -0.352 e. The number of sulfonamides is 1. The third kappa shape index (κ3) is 7.77. The molecule has 10 heteroatoms. The normalized spacial score (nSPS) is 12.8. The molecule has 3 rings (SSSR count). The highest BCUT2D eigenvalue weighted by molar-refractivity contribution is 7.92. The van der Waals surface area contributed by atoms with Crippen LogP contribution in [0.25, 0.3) is 0 Å². The van der Waals surface area contributed by atoms with Gasteiger partial charge in [0.1, 0.15) is 12.6 Å². The van der Waals surface area contributed by atoms with Crippen molar-refractivity contribution in [1.82, 2.24) is 10.2 Å². The lowest BCUT2D eigenvalue weighted by atomic mass is 10.1. The lowest BCUT2D eigenvalue weighted by Crippen LogP contribution is -2.52. The molecule has 0 spiro atoms. The Labute approximate surface area is 247 Å². The third-order valence-electron chi connectivity index (χ3n) is 6.75. The molecule has 0 saturated heterocycles. The minimum absolute atomic E-state index is 0.0266. The number of carbonyl (C=O) groups excluding carboxylic acids is 2. The van der Waals surface area contributed by atoms with Crippen molar-refractivity contribution < 1.29 is 18.0 Å². The van der Waals surface area contributed by atoms with E-state index in [1.54, 1.807) is 55.5 Å². The van der Waals surface area contributed by atoms with Crippen molar-refractivity contribution in [3.05, 3.63) is 94.0 Å². The molecule has 1 N–H and O–H groups in total. The maximum atomic E-state index is 14.0. The second kappa shape index (κ2) is 14.0. The van der Waals surface area contributed by atoms with Gasteiger partial charge in [-0.2, -0.15) is 0 Å². The molecule has 2 atom stereocenters. The summed E-state index contributed by atoms with van der Waals surface area (Å²) in [7, 11) is -4.11. The number of carbonyl (C=O) groups is 2. The van der Waals surface area contributed by atoms with E-state index < -0.39 is 28.5 Å². The number of halogens is 2. The maximum absolute atomic E-state index is 14.0. The highest BCUT2D eigenvalue weighted by Crippen LogP contribution is 2.26. The fourth-order valence-corrected chi connectivity index (χ4v) is 5.79. The summed E-state index contributed by atoms with van der Waals surface area (Å²) >= 11 is 12.3. The van der Waals surface area contributed by atoms with Gasteiger partial charge in [-0.15, -0.1) is 0 Å². The van der Waals surface area contributed by atoms with E-state index >= 15 is 0 Å². The molecule has 0 aliphatic heterocycles. The molecule has 40 heavy (non-hydrogen) atoms. The summed E-state index contributed by atoms with van der Waals surface area (Å²) in [6.07, 6.45) is 1.50. The highest BCUT2D eigenvalue weighted by Gasteiger charge is 2.32. The first-order valence-electron chi connectivity index (χ1n) is 13.2. The van der Waals surface area contributed by atoms with Gasteiger partial charge in [-0.25, -0.2) is 8.42 Å². The first-order chi connectivity index (χ1) is 19.0. The molecule has 214 valence electrons. The summed E-state index contributed by atoms with van der Waals surface area (Å²) in [5, 5.41) is 3.59. The maximum Gasteiger partial charge on any atom is 0.264 e. The molecule has 0 radical (unpaired) electrons. The zero-order chi connectivity index (χ0) is 29.4. The number of aryl methyl sites for hydroxylation is 1. The quantitative estimate of drug-likeness (QED) is 0.272. The number of amides is 2. The van der Waals surface area contributed by atoms with Gasteiger partial charge in [0.25, 0.3) is 10.0 Å². The standard InChI is InChI=1S/C30H35Cl2N3O4S/c1-5-21(3)33-30(37)22(4)34(19-24-14-17-27(31)28(32)18-24)29(36)20-35(25-15-12-23(6-2)13-16-25)40(38,39)26-10-8-7-9-11-26/h7-18,21-22H,5-6,19-20H2,1-4H3,(H,33,37)/t21-,22+/m1/s1. The smallest absolute Gasteiger partial charge is 0.264 e. The van der Waals surface area contributed by atoms with Gasteiger partial charge in [-0.05, 0) is 74.2 Å². The first kappa shape index (κ1) is 31.5. The molecule has 0 aliphatic rings. The van der Waals surface area contributed by atoms with Crippen LogP contribution in [-0.4, -0.2) is 43.8 Å². The molecule has 0 aliphatic carbocycles. The number of hydrogen-bond acceptors (Lipinski definition) is 4. The topological polar surface area (TPSA) is 86.8 Å². The number of rotatable bonds is 12. The van der Waals surface area contributed by atoms with Crippen LogP contribution in [0.1, 0.15) is 45.2 Å². The Bertz CT molecular complexity index is 1420. The third-order valence-corrected chi connectivity index (χ3v) is 9.28. The van der Waals surface area contributed by atoms with Crippen molar-refractivity contribution in [2.45, 2.75) is 64.1 Å². The number of hydrogen-bond donors (Lipinski definition) is 1. The van der Waals surface area contributed by atoms with Gasteiger partial charge in [-0.3, -0.25) is 13.9 Å². The van der Waals surface area contributed by atoms with E-state index in [0.717, 1.165) is 22.7 Å². The molecule has 3 aromatic carbocycles. The van der Waals surface area contributed by atoms with Crippen LogP contribution in [-0.2, 0) is 32.6 Å². The predicted molar refractivity (Wildman–Crippen MR) is 161 cm³/mol. The van der Waals surface area contributed by atoms with Gasteiger partial charge in [0.15, 0.2) is 0 Å². The minimum atomic E-state index is -4.11. The van der Waals surface area contributed by atoms with Crippen LogP contribution in [0, 0.1) is 0 Å². The van der Waals surface area contributed by atoms with Crippen LogP contribution in [0.5, 0.6) is 0 Å². The van der Waals surface area contributed by atoms with E-state index in [-0.39, 0.29) is 23.4 Å². The van der Waals surface area contributed by atoms with E-state index in [4.69, 9.17) is 23.2 Å². The summed E-state index contributed by atoms with van der Waals surface area (Å²) < 4.78 is 28.7. The van der Waals surface area contributed by atoms with Crippen LogP contribution in [0.3, 0.4) is 0 Å². The first-order valence-corrected chi connectivity index (χ1v) is 15.4. The van der Waals surface area contributed by atoms with Gasteiger partial charge in [0.05, 0.1) is 20.6 Å². The number of benzene rings is 3. The van der Waals surface area contributed by atoms with Crippen LogP contribution in [0.4, 0.5) is 5.69 Å². The lowest BCUT2D eigenvalue weighted by Gasteiger charge is -2.32. The predicted octanol–water partition coefficient (Wildman–Crippen LogP) is 6.08. The van der Waals surface area contributed by atoms with Crippen molar-refractivity contribution in [3.63, 3.8) is 0 Å². The van der Waals surface area contributed by atoms with E-state index in [1.165, 1.54) is 17.0 Å². The van der Waals surface area contributed by atoms with Gasteiger partial charge in [0, 0.05) is 12.6 Å². The molecule has 0 unspecified atom stereocenters. The average Bonchev–Trinajstić information content (AvgIpc) is 2.96. The summed E-state index contributed by atoms with van der Waals surface area (Å²) in [6, 6.07) is 19.0. The highest BCUT2D eigenvalue weighted by atomic mass is 35.5. The van der Waals surface area contributed by atoms with Crippen LogP contribution < -0.4 is 9.62 Å². The van der Waals surface area contributed by atoms with Crippen molar-refractivity contribution in [3.8, 4) is 0 Å². The monoisotopic (exact) mass is 603 g/mol. The second-order valence-electron chi connectivity index (χ2n) is 9.61. The summed E-state index contributed by atoms with van der Waals surface area (Å²) in [5.41, 5.74) is 2.03. The summed E-state index contributed by atoms with van der Waals surface area (Å²) in [6.45, 7) is 6.97. The van der Waals surface area contributed by atoms with Crippen molar-refractivity contribution in [2.75, 3.05) is 10.8 Å². The van der Waals surface area contributed by atoms with E-state index in [2.05, 4.69) is 5.32 Å². The SMILES string of the molecule is CCc1ccc(N(CC(=O)N(Cc2ccc(Cl)c(Cl)c2)[C@@H](C)C(=O)N[C@H](C)CC)S(=O)(=O)c2ccccc2)cc1. The van der Waals surface area contributed by atoms with Crippen LogP contribution in [0.15, 0.2) is 77.7 Å². The Kier molecular flexibility index (Phi) is 11.0. The Morgan fingerprint density at radius 2 is 1.50 bits per heavy atom. The lowest BCUT2D eigenvalue weighted by molar-refractivity contribution is -0.139. The van der Waals surface area contributed by atoms with E-state index in [1.807, 2.05) is 32.9 Å². The van der Waals surface area contributed by atoms with E-state index in [0.29, 0.717) is 21.3 Å². The Morgan fingerprint density at radius 3 is 2.08 bits per heavy atom. The molecule has 2 amide bonds. The Hall–Kier alpha value is -3.07. The van der Waals surface area contributed by atoms with Gasteiger partial charge in [-0.1, -0.05) is 73.4 Å². The van der Waals surface area contributed by atoms with Crippen molar-refractivity contribution in [2.24, 2.45) is 0 Å². The molecular formula is C30H35Cl2N3O4S. The van der Waals surface area contributed by atoms with Gasteiger partial charge < -0.3 is 10.2 Å². The average molecular weight is 605 g/mol. The second-order valence-corrected chi connectivity index (χ2v) is 12.3. The van der Waals surface area contributed by atoms with E-state index in [9.17, 15) is 18.0 Å². The Balaban J connectivity index is 2.03. The number of anilines is 1. The fourth-order valence-electron chi connectivity index (χ4n) is 4.03. The molecule has 0 fully saturated rings. The molecule has 0 saturated carbocycles. The molecule has 3 aromatic rings. The van der Waals surface area contributed by atoms with Crippen LogP contribution >= 0.6 is 23.2 Å². The number of nitrogens with zero attached hydrogens (tertiary/aromatic N) is 2.